The van der Waals surface area contributed by atoms with Crippen LogP contribution in [0.3, 0.4) is 0 Å². The summed E-state index contributed by atoms with van der Waals surface area (Å²) in [7, 11) is 0. The minimum atomic E-state index is 0.378. The highest BCUT2D eigenvalue weighted by Crippen LogP contribution is 2.28. The van der Waals surface area contributed by atoms with E-state index in [1.165, 1.54) is 16.7 Å². The zero-order chi connectivity index (χ0) is 15.4. The molecule has 0 aromatic heterocycles. The number of phenols is 1. The Labute approximate surface area is 132 Å². The van der Waals surface area contributed by atoms with Gasteiger partial charge in [0, 0.05) is 19.6 Å². The number of fused-ring (bicyclic) bond motifs is 1. The average molecular weight is 293 g/mol. The standard InChI is InChI=1S/C20H23NO/c1-16-15-21(12-5-8-17-6-3-2-4-7-17)13-11-18-9-10-19(22)14-20(16)18/h2-10,14,16,22H,11-13,15H2,1H3. The van der Waals surface area contributed by atoms with Crippen molar-refractivity contribution >= 4 is 6.08 Å². The first-order valence-corrected chi connectivity index (χ1v) is 7.98. The molecule has 0 bridgehead atoms. The van der Waals surface area contributed by atoms with Crippen LogP contribution in [-0.4, -0.2) is 29.6 Å². The van der Waals surface area contributed by atoms with Gasteiger partial charge in [-0.25, -0.2) is 0 Å². The van der Waals surface area contributed by atoms with Crippen molar-refractivity contribution in [1.29, 1.82) is 0 Å². The van der Waals surface area contributed by atoms with Crippen molar-refractivity contribution in [1.82, 2.24) is 4.90 Å². The van der Waals surface area contributed by atoms with Crippen LogP contribution in [0.15, 0.2) is 54.6 Å². The largest absolute Gasteiger partial charge is 0.508 e. The third kappa shape index (κ3) is 3.58. The molecule has 22 heavy (non-hydrogen) atoms. The highest BCUT2D eigenvalue weighted by atomic mass is 16.3. The fourth-order valence-corrected chi connectivity index (χ4v) is 3.19. The second-order valence-electron chi connectivity index (χ2n) is 6.11. The van der Waals surface area contributed by atoms with Crippen LogP contribution in [0.1, 0.15) is 29.5 Å². The second-order valence-corrected chi connectivity index (χ2v) is 6.11. The van der Waals surface area contributed by atoms with E-state index < -0.39 is 0 Å². The third-order valence-corrected chi connectivity index (χ3v) is 4.36. The minimum Gasteiger partial charge on any atom is -0.508 e. The number of hydrogen-bond donors (Lipinski definition) is 1. The third-order valence-electron chi connectivity index (χ3n) is 4.36. The number of hydrogen-bond acceptors (Lipinski definition) is 2. The molecule has 0 radical (unpaired) electrons. The average Bonchev–Trinajstić information content (AvgIpc) is 2.68. The van der Waals surface area contributed by atoms with Gasteiger partial charge in [-0.05, 0) is 41.2 Å². The van der Waals surface area contributed by atoms with E-state index >= 15 is 0 Å². The maximum absolute atomic E-state index is 9.71. The van der Waals surface area contributed by atoms with Gasteiger partial charge < -0.3 is 5.11 Å². The number of nitrogens with zero attached hydrogens (tertiary/aromatic N) is 1. The molecule has 0 saturated carbocycles. The van der Waals surface area contributed by atoms with E-state index in [9.17, 15) is 5.11 Å². The minimum absolute atomic E-state index is 0.378. The molecule has 2 aromatic rings. The number of phenolic OH excluding ortho intramolecular Hbond substituents is 1. The Morgan fingerprint density at radius 3 is 2.82 bits per heavy atom. The van der Waals surface area contributed by atoms with Crippen LogP contribution in [-0.2, 0) is 6.42 Å². The van der Waals surface area contributed by atoms with E-state index in [0.717, 1.165) is 26.1 Å². The van der Waals surface area contributed by atoms with E-state index in [1.54, 1.807) is 6.07 Å². The highest BCUT2D eigenvalue weighted by Gasteiger charge is 2.19. The van der Waals surface area contributed by atoms with Crippen molar-refractivity contribution in [2.24, 2.45) is 0 Å². The summed E-state index contributed by atoms with van der Waals surface area (Å²) in [6, 6.07) is 16.2. The van der Waals surface area contributed by atoms with E-state index in [0.29, 0.717) is 11.7 Å². The molecule has 2 aromatic carbocycles. The summed E-state index contributed by atoms with van der Waals surface area (Å²) in [5.41, 5.74) is 3.92. The normalized spacial score (nSPS) is 19.0. The van der Waals surface area contributed by atoms with Gasteiger partial charge in [0.1, 0.15) is 5.75 Å². The van der Waals surface area contributed by atoms with Gasteiger partial charge in [-0.2, -0.15) is 0 Å². The summed E-state index contributed by atoms with van der Waals surface area (Å²) in [5.74, 6) is 0.831. The van der Waals surface area contributed by atoms with Crippen molar-refractivity contribution in [3.8, 4) is 5.75 Å². The molecule has 3 rings (SSSR count). The molecule has 1 atom stereocenters. The molecule has 1 N–H and O–H groups in total. The molecule has 114 valence electrons. The van der Waals surface area contributed by atoms with Gasteiger partial charge in [-0.15, -0.1) is 0 Å². The Morgan fingerprint density at radius 2 is 2.00 bits per heavy atom. The summed E-state index contributed by atoms with van der Waals surface area (Å²) in [6.45, 7) is 5.33. The van der Waals surface area contributed by atoms with Gasteiger partial charge in [0.2, 0.25) is 0 Å². The molecule has 1 aliphatic rings. The van der Waals surface area contributed by atoms with Crippen LogP contribution in [0.2, 0.25) is 0 Å². The molecule has 0 aliphatic carbocycles. The maximum atomic E-state index is 9.71. The van der Waals surface area contributed by atoms with Crippen LogP contribution in [0.4, 0.5) is 0 Å². The summed E-state index contributed by atoms with van der Waals surface area (Å²) in [5, 5.41) is 9.71. The van der Waals surface area contributed by atoms with Crippen LogP contribution in [0, 0.1) is 0 Å². The van der Waals surface area contributed by atoms with Crippen molar-refractivity contribution in [2.45, 2.75) is 19.3 Å². The van der Waals surface area contributed by atoms with Gasteiger partial charge in [-0.1, -0.05) is 55.5 Å². The molecule has 0 amide bonds. The Morgan fingerprint density at radius 1 is 1.18 bits per heavy atom. The van der Waals surface area contributed by atoms with Crippen molar-refractivity contribution in [3.05, 3.63) is 71.3 Å². The lowest BCUT2D eigenvalue weighted by atomic mass is 9.95. The van der Waals surface area contributed by atoms with Crippen molar-refractivity contribution in [2.75, 3.05) is 19.6 Å². The molecule has 0 spiro atoms. The first kappa shape index (κ1) is 14.9. The van der Waals surface area contributed by atoms with Crippen molar-refractivity contribution in [3.63, 3.8) is 0 Å². The SMILES string of the molecule is CC1CN(CC=Cc2ccccc2)CCc2ccc(O)cc21. The Kier molecular flexibility index (Phi) is 4.59. The highest BCUT2D eigenvalue weighted by molar-refractivity contribution is 5.48. The van der Waals surface area contributed by atoms with Crippen molar-refractivity contribution < 1.29 is 5.11 Å². The number of aromatic hydroxyl groups is 1. The molecule has 0 saturated heterocycles. The van der Waals surface area contributed by atoms with E-state index in [4.69, 9.17) is 0 Å². The van der Waals surface area contributed by atoms with Gasteiger partial charge >= 0.3 is 0 Å². The molecule has 2 heteroatoms. The Balaban J connectivity index is 1.65. The van der Waals surface area contributed by atoms with Crippen LogP contribution in [0.25, 0.3) is 6.08 Å². The predicted octanol–water partition coefficient (Wildman–Crippen LogP) is 4.07. The lowest BCUT2D eigenvalue weighted by molar-refractivity contribution is 0.301. The van der Waals surface area contributed by atoms with Gasteiger partial charge in [-0.3, -0.25) is 4.90 Å². The quantitative estimate of drug-likeness (QED) is 0.922. The molecular weight excluding hydrogens is 270 g/mol. The maximum Gasteiger partial charge on any atom is 0.115 e. The molecule has 0 fully saturated rings. The summed E-state index contributed by atoms with van der Waals surface area (Å²) in [4.78, 5) is 2.49. The Hall–Kier alpha value is -2.06. The van der Waals surface area contributed by atoms with Gasteiger partial charge in [0.25, 0.3) is 0 Å². The van der Waals surface area contributed by atoms with Crippen LogP contribution >= 0.6 is 0 Å². The van der Waals surface area contributed by atoms with E-state index in [1.807, 2.05) is 12.1 Å². The summed E-state index contributed by atoms with van der Waals surface area (Å²) < 4.78 is 0. The predicted molar refractivity (Wildman–Crippen MR) is 92.1 cm³/mol. The fraction of sp³-hybridized carbons (Fsp3) is 0.300. The van der Waals surface area contributed by atoms with Crippen LogP contribution < -0.4 is 0 Å². The van der Waals surface area contributed by atoms with Crippen LogP contribution in [0.5, 0.6) is 5.75 Å². The first-order chi connectivity index (χ1) is 10.7. The summed E-state index contributed by atoms with van der Waals surface area (Å²) in [6.07, 6.45) is 5.49. The second kappa shape index (κ2) is 6.80. The zero-order valence-corrected chi connectivity index (χ0v) is 13.1. The van der Waals surface area contributed by atoms with Gasteiger partial charge in [0.05, 0.1) is 0 Å². The van der Waals surface area contributed by atoms with E-state index in [-0.39, 0.29) is 0 Å². The zero-order valence-electron chi connectivity index (χ0n) is 13.1. The molecule has 1 heterocycles. The molecule has 1 aliphatic heterocycles. The molecular formula is C20H23NO. The lowest BCUT2D eigenvalue weighted by Crippen LogP contribution is -2.27. The Bertz CT molecular complexity index is 648. The first-order valence-electron chi connectivity index (χ1n) is 7.98. The smallest absolute Gasteiger partial charge is 0.115 e. The summed E-state index contributed by atoms with van der Waals surface area (Å²) >= 11 is 0. The van der Waals surface area contributed by atoms with E-state index in [2.05, 4.69) is 54.3 Å². The number of rotatable bonds is 3. The number of benzene rings is 2. The lowest BCUT2D eigenvalue weighted by Gasteiger charge is -2.21. The molecule has 1 unspecified atom stereocenters. The molecule has 2 nitrogen and oxygen atoms in total. The topological polar surface area (TPSA) is 23.5 Å². The fourth-order valence-electron chi connectivity index (χ4n) is 3.19. The van der Waals surface area contributed by atoms with Gasteiger partial charge in [0.15, 0.2) is 0 Å². The monoisotopic (exact) mass is 293 g/mol.